The summed E-state index contributed by atoms with van der Waals surface area (Å²) in [5.74, 6) is 0. The largest absolute Gasteiger partial charge is 0.398 e. The molecule has 0 unspecified atom stereocenters. The molecule has 9 heavy (non-hydrogen) atoms. The molecular formula is C7H9N2. The molecule has 0 aliphatic rings. The number of benzene rings is 1. The minimum Gasteiger partial charge on any atom is -0.398 e. The Hall–Kier alpha value is -1.02. The highest BCUT2D eigenvalue weighted by Crippen LogP contribution is 2.03. The van der Waals surface area contributed by atoms with Crippen molar-refractivity contribution in [2.75, 3.05) is 5.73 Å². The third-order valence-corrected chi connectivity index (χ3v) is 1.10. The molecule has 0 aromatic heterocycles. The second kappa shape index (κ2) is 2.51. The van der Waals surface area contributed by atoms with Crippen molar-refractivity contribution >= 4 is 5.69 Å². The quantitative estimate of drug-likeness (QED) is 0.532. The van der Waals surface area contributed by atoms with Crippen LogP contribution in [0.25, 0.3) is 0 Å². The number of nitrogens with two attached hydrogens (primary N) is 2. The lowest BCUT2D eigenvalue weighted by Gasteiger charge is -1.94. The molecule has 0 saturated carbocycles. The second-order valence-corrected chi connectivity index (χ2v) is 1.84. The number of anilines is 1. The molecule has 0 saturated heterocycles. The van der Waals surface area contributed by atoms with Crippen LogP contribution in [0.2, 0.25) is 0 Å². The number of rotatable bonds is 1. The van der Waals surface area contributed by atoms with Crippen LogP contribution in [0.1, 0.15) is 5.56 Å². The Morgan fingerprint density at radius 3 is 2.67 bits per heavy atom. The van der Waals surface area contributed by atoms with Gasteiger partial charge in [0.2, 0.25) is 0 Å². The molecule has 0 atom stereocenters. The first kappa shape index (κ1) is 6.11. The minimum atomic E-state index is 0.505. The van der Waals surface area contributed by atoms with Crippen molar-refractivity contribution in [2.24, 2.45) is 5.73 Å². The summed E-state index contributed by atoms with van der Waals surface area (Å²) in [5, 5.41) is 0. The van der Waals surface area contributed by atoms with Crippen molar-refractivity contribution in [3.63, 3.8) is 0 Å². The summed E-state index contributed by atoms with van der Waals surface area (Å²) in [4.78, 5) is 0. The Kier molecular flexibility index (Phi) is 1.70. The maximum atomic E-state index is 5.42. The molecule has 0 heterocycles. The lowest BCUT2D eigenvalue weighted by atomic mass is 10.2. The van der Waals surface area contributed by atoms with Crippen molar-refractivity contribution in [3.05, 3.63) is 29.8 Å². The molecule has 1 aromatic rings. The molecule has 0 aliphatic heterocycles. The van der Waals surface area contributed by atoms with Crippen LogP contribution in [0, 0.1) is 6.07 Å². The molecule has 1 radical (unpaired) electrons. The normalized spacial score (nSPS) is 9.44. The molecule has 2 heteroatoms. The van der Waals surface area contributed by atoms with Crippen LogP contribution < -0.4 is 11.5 Å². The average molecular weight is 121 g/mol. The van der Waals surface area contributed by atoms with Gasteiger partial charge in [0.05, 0.1) is 0 Å². The van der Waals surface area contributed by atoms with Crippen LogP contribution in [0.4, 0.5) is 5.69 Å². The third kappa shape index (κ3) is 1.44. The lowest BCUT2D eigenvalue weighted by Crippen LogP contribution is -1.97. The van der Waals surface area contributed by atoms with Gasteiger partial charge in [-0.1, -0.05) is 12.1 Å². The van der Waals surface area contributed by atoms with Gasteiger partial charge >= 0.3 is 0 Å². The van der Waals surface area contributed by atoms with E-state index in [9.17, 15) is 0 Å². The van der Waals surface area contributed by atoms with E-state index in [2.05, 4.69) is 6.07 Å². The van der Waals surface area contributed by atoms with Crippen LogP contribution in [0.3, 0.4) is 0 Å². The summed E-state index contributed by atoms with van der Waals surface area (Å²) in [7, 11) is 0. The molecule has 0 amide bonds. The van der Waals surface area contributed by atoms with Gasteiger partial charge in [-0.15, -0.1) is 0 Å². The van der Waals surface area contributed by atoms with Crippen molar-refractivity contribution in [1.82, 2.24) is 0 Å². The molecule has 1 rings (SSSR count). The van der Waals surface area contributed by atoms with E-state index in [1.54, 1.807) is 6.07 Å². The predicted octanol–water partition coefficient (Wildman–Crippen LogP) is 0.528. The van der Waals surface area contributed by atoms with Crippen molar-refractivity contribution in [1.29, 1.82) is 0 Å². The van der Waals surface area contributed by atoms with Crippen LogP contribution >= 0.6 is 0 Å². The van der Waals surface area contributed by atoms with E-state index in [-0.39, 0.29) is 0 Å². The summed E-state index contributed by atoms with van der Waals surface area (Å²) in [6.45, 7) is 0.505. The first-order chi connectivity index (χ1) is 4.33. The molecule has 0 aliphatic carbocycles. The molecule has 47 valence electrons. The van der Waals surface area contributed by atoms with Gasteiger partial charge in [0.1, 0.15) is 0 Å². The molecule has 2 nitrogen and oxygen atoms in total. The Balaban J connectivity index is 2.94. The molecular weight excluding hydrogens is 112 g/mol. The van der Waals surface area contributed by atoms with Gasteiger partial charge < -0.3 is 11.5 Å². The Morgan fingerprint density at radius 1 is 1.44 bits per heavy atom. The highest BCUT2D eigenvalue weighted by Gasteiger charge is 1.87. The smallest absolute Gasteiger partial charge is 0.0397 e. The van der Waals surface area contributed by atoms with Gasteiger partial charge in [0.25, 0.3) is 0 Å². The standard InChI is InChI=1S/C7H9N2/c8-5-6-2-1-3-7(9)4-6/h1-3H,5,8-9H2. The number of nitrogen functional groups attached to an aromatic ring is 1. The second-order valence-electron chi connectivity index (χ2n) is 1.84. The highest BCUT2D eigenvalue weighted by atomic mass is 14.6. The fraction of sp³-hybridized carbons (Fsp3) is 0.143. The summed E-state index contributed by atoms with van der Waals surface area (Å²) < 4.78 is 0. The minimum absolute atomic E-state index is 0.505. The zero-order valence-electron chi connectivity index (χ0n) is 5.09. The predicted molar refractivity (Wildman–Crippen MR) is 37.6 cm³/mol. The van der Waals surface area contributed by atoms with E-state index in [0.717, 1.165) is 5.56 Å². The molecule has 1 aromatic carbocycles. The van der Waals surface area contributed by atoms with E-state index in [4.69, 9.17) is 11.5 Å². The van der Waals surface area contributed by atoms with Crippen molar-refractivity contribution in [2.45, 2.75) is 6.54 Å². The van der Waals surface area contributed by atoms with Gasteiger partial charge in [-0.05, 0) is 11.6 Å². The summed E-state index contributed by atoms with van der Waals surface area (Å²) in [6.07, 6.45) is 0. The van der Waals surface area contributed by atoms with Crippen LogP contribution in [0.5, 0.6) is 0 Å². The van der Waals surface area contributed by atoms with Crippen LogP contribution in [-0.2, 0) is 6.54 Å². The van der Waals surface area contributed by atoms with Gasteiger partial charge in [-0.2, -0.15) is 0 Å². The van der Waals surface area contributed by atoms with E-state index < -0.39 is 0 Å². The highest BCUT2D eigenvalue weighted by molar-refractivity contribution is 5.38. The van der Waals surface area contributed by atoms with Gasteiger partial charge in [-0.3, -0.25) is 0 Å². The van der Waals surface area contributed by atoms with Gasteiger partial charge in [-0.25, -0.2) is 0 Å². The molecule has 0 bridgehead atoms. The maximum Gasteiger partial charge on any atom is 0.0397 e. The topological polar surface area (TPSA) is 52.0 Å². The fourth-order valence-corrected chi connectivity index (χ4v) is 0.656. The first-order valence-electron chi connectivity index (χ1n) is 2.79. The lowest BCUT2D eigenvalue weighted by molar-refractivity contribution is 1.07. The van der Waals surface area contributed by atoms with Crippen LogP contribution in [-0.4, -0.2) is 0 Å². The fourth-order valence-electron chi connectivity index (χ4n) is 0.656. The van der Waals surface area contributed by atoms with Crippen LogP contribution in [0.15, 0.2) is 18.2 Å². The first-order valence-corrected chi connectivity index (χ1v) is 2.79. The molecule has 0 fully saturated rings. The number of hydrogen-bond donors (Lipinski definition) is 2. The Labute approximate surface area is 54.5 Å². The van der Waals surface area contributed by atoms with Gasteiger partial charge in [0, 0.05) is 18.3 Å². The zero-order chi connectivity index (χ0) is 6.69. The van der Waals surface area contributed by atoms with E-state index >= 15 is 0 Å². The van der Waals surface area contributed by atoms with Gasteiger partial charge in [0.15, 0.2) is 0 Å². The third-order valence-electron chi connectivity index (χ3n) is 1.10. The Bertz CT molecular complexity index is 196. The maximum absolute atomic E-state index is 5.42. The summed E-state index contributed by atoms with van der Waals surface area (Å²) in [6, 6.07) is 8.47. The summed E-state index contributed by atoms with van der Waals surface area (Å²) in [5.41, 5.74) is 12.4. The molecule has 4 N–H and O–H groups in total. The average Bonchev–Trinajstić information content (AvgIpc) is 1.88. The SMILES string of the molecule is NCc1[c]c(N)ccc1. The van der Waals surface area contributed by atoms with Crippen molar-refractivity contribution in [3.8, 4) is 0 Å². The van der Waals surface area contributed by atoms with Crippen molar-refractivity contribution < 1.29 is 0 Å². The monoisotopic (exact) mass is 121 g/mol. The van der Waals surface area contributed by atoms with E-state index in [1.807, 2.05) is 12.1 Å². The van der Waals surface area contributed by atoms with E-state index in [1.165, 1.54) is 0 Å². The Morgan fingerprint density at radius 2 is 2.22 bits per heavy atom. The van der Waals surface area contributed by atoms with E-state index in [0.29, 0.717) is 12.2 Å². The number of hydrogen-bond acceptors (Lipinski definition) is 2. The zero-order valence-corrected chi connectivity index (χ0v) is 5.09. The molecule has 0 spiro atoms. The summed E-state index contributed by atoms with van der Waals surface area (Å²) >= 11 is 0.